The Morgan fingerprint density at radius 3 is 2.47 bits per heavy atom. The summed E-state index contributed by atoms with van der Waals surface area (Å²) in [6, 6.07) is 17.2. The summed E-state index contributed by atoms with van der Waals surface area (Å²) >= 11 is 0. The van der Waals surface area contributed by atoms with Gasteiger partial charge in [-0.25, -0.2) is 0 Å². The number of hydrogen-bond acceptors (Lipinski definition) is 4. The lowest BCUT2D eigenvalue weighted by Gasteiger charge is -2.33. The summed E-state index contributed by atoms with van der Waals surface area (Å²) in [7, 11) is -3.61. The molecule has 2 aliphatic rings. The van der Waals surface area contributed by atoms with Gasteiger partial charge < -0.3 is 10.2 Å². The van der Waals surface area contributed by atoms with E-state index in [-0.39, 0.29) is 16.7 Å². The van der Waals surface area contributed by atoms with Crippen LogP contribution in [0.2, 0.25) is 0 Å². The number of amides is 1. The fourth-order valence-corrected chi connectivity index (χ4v) is 5.49. The number of fused-ring (bicyclic) bond motifs is 1. The number of nitrogens with zero attached hydrogens (tertiary/aromatic N) is 2. The lowest BCUT2D eigenvalue weighted by molar-refractivity contribution is -0.126. The first-order chi connectivity index (χ1) is 14.5. The molecule has 4 rings (SSSR count). The first kappa shape index (κ1) is 20.6. The van der Waals surface area contributed by atoms with E-state index in [2.05, 4.69) is 28.8 Å². The van der Waals surface area contributed by atoms with Gasteiger partial charge >= 0.3 is 0 Å². The number of carbonyl (C=O) groups is 1. The average Bonchev–Trinajstić information content (AvgIpc) is 3.06. The molecule has 1 atom stereocenters. The third-order valence-electron chi connectivity index (χ3n) is 6.06. The highest BCUT2D eigenvalue weighted by molar-refractivity contribution is 7.90. The lowest BCUT2D eigenvalue weighted by Crippen LogP contribution is -2.43. The van der Waals surface area contributed by atoms with Crippen LogP contribution in [0.15, 0.2) is 63.9 Å². The van der Waals surface area contributed by atoms with Crippen molar-refractivity contribution in [1.82, 2.24) is 10.2 Å². The molecule has 1 unspecified atom stereocenters. The summed E-state index contributed by atoms with van der Waals surface area (Å²) in [6.07, 6.45) is 2.35. The summed E-state index contributed by atoms with van der Waals surface area (Å²) in [5.74, 6) is 0.859. The minimum Gasteiger partial charge on any atom is -0.355 e. The van der Waals surface area contributed by atoms with Crippen LogP contribution in [0.25, 0.3) is 0 Å². The van der Waals surface area contributed by atoms with E-state index in [0.29, 0.717) is 49.8 Å². The summed E-state index contributed by atoms with van der Waals surface area (Å²) < 4.78 is 28.6. The molecule has 0 aromatic heterocycles. The van der Waals surface area contributed by atoms with E-state index in [1.54, 1.807) is 18.2 Å². The summed E-state index contributed by atoms with van der Waals surface area (Å²) in [6.45, 7) is 4.02. The zero-order valence-corrected chi connectivity index (χ0v) is 17.9. The number of carbonyl (C=O) groups excluding carboxylic acids is 1. The summed E-state index contributed by atoms with van der Waals surface area (Å²) in [5, 5.41) is 3.13. The zero-order valence-electron chi connectivity index (χ0n) is 17.1. The Hall–Kier alpha value is -2.67. The second kappa shape index (κ2) is 8.60. The molecule has 0 radical (unpaired) electrons. The van der Waals surface area contributed by atoms with Crippen molar-refractivity contribution in [2.45, 2.75) is 37.0 Å². The predicted molar refractivity (Wildman–Crippen MR) is 117 cm³/mol. The van der Waals surface area contributed by atoms with Crippen molar-refractivity contribution in [3.63, 3.8) is 0 Å². The number of rotatable bonds is 5. The van der Waals surface area contributed by atoms with Crippen LogP contribution in [0.3, 0.4) is 0 Å². The number of nitrogens with one attached hydrogen (secondary N) is 1. The summed E-state index contributed by atoms with van der Waals surface area (Å²) in [5.41, 5.74) is 1.91. The van der Waals surface area contributed by atoms with Gasteiger partial charge in [-0.05, 0) is 37.0 Å². The van der Waals surface area contributed by atoms with Crippen LogP contribution in [-0.2, 0) is 14.8 Å². The molecule has 0 bridgehead atoms. The Kier molecular flexibility index (Phi) is 5.90. The second-order valence-corrected chi connectivity index (χ2v) is 9.48. The largest absolute Gasteiger partial charge is 0.355 e. The number of amidine groups is 1. The van der Waals surface area contributed by atoms with Gasteiger partial charge in [-0.1, -0.05) is 49.4 Å². The molecule has 30 heavy (non-hydrogen) atoms. The van der Waals surface area contributed by atoms with Gasteiger partial charge in [0.25, 0.3) is 10.0 Å². The van der Waals surface area contributed by atoms with Gasteiger partial charge in [0.05, 0.1) is 0 Å². The maximum atomic E-state index is 12.7. The van der Waals surface area contributed by atoms with E-state index in [0.717, 1.165) is 6.42 Å². The number of likely N-dealkylation sites (tertiary alicyclic amines) is 1. The van der Waals surface area contributed by atoms with Crippen LogP contribution >= 0.6 is 0 Å². The second-order valence-electron chi connectivity index (χ2n) is 7.91. The third kappa shape index (κ3) is 4.12. The molecular weight excluding hydrogens is 398 g/mol. The van der Waals surface area contributed by atoms with Crippen molar-refractivity contribution in [3.8, 4) is 0 Å². The highest BCUT2D eigenvalue weighted by Crippen LogP contribution is 2.29. The maximum Gasteiger partial charge on any atom is 0.285 e. The van der Waals surface area contributed by atoms with Crippen LogP contribution < -0.4 is 5.32 Å². The predicted octanol–water partition coefficient (Wildman–Crippen LogP) is 3.16. The van der Waals surface area contributed by atoms with E-state index >= 15 is 0 Å². The van der Waals surface area contributed by atoms with E-state index in [1.807, 2.05) is 29.2 Å². The Balaban J connectivity index is 1.34. The van der Waals surface area contributed by atoms with Crippen LogP contribution in [0.5, 0.6) is 0 Å². The first-order valence-corrected chi connectivity index (χ1v) is 12.0. The first-order valence-electron chi connectivity index (χ1n) is 10.5. The fraction of sp³-hybridized carbons (Fsp3) is 0.391. The molecule has 1 N–H and O–H groups in total. The molecule has 2 aliphatic heterocycles. The topological polar surface area (TPSA) is 78.8 Å². The van der Waals surface area contributed by atoms with Gasteiger partial charge in [0.1, 0.15) is 4.90 Å². The van der Waals surface area contributed by atoms with Gasteiger partial charge in [-0.2, -0.15) is 8.42 Å². The number of hydrogen-bond donors (Lipinski definition) is 1. The Morgan fingerprint density at radius 1 is 1.10 bits per heavy atom. The van der Waals surface area contributed by atoms with Crippen molar-refractivity contribution < 1.29 is 13.2 Å². The highest BCUT2D eigenvalue weighted by atomic mass is 32.2. The Morgan fingerprint density at radius 2 is 1.77 bits per heavy atom. The van der Waals surface area contributed by atoms with Gasteiger partial charge in [0, 0.05) is 37.0 Å². The molecule has 1 saturated heterocycles. The molecule has 1 fully saturated rings. The standard InChI is InChI=1S/C23H27N3O3S/c1-2-17(18-8-4-3-5-9-18)16-24-23(27)19-12-14-26(15-13-19)22-20-10-6-7-11-21(20)30(28,29)25-22/h3-11,17,19H,2,12-16H2,1H3,(H,24,27). The molecular formula is C23H27N3O3S. The van der Waals surface area contributed by atoms with Crippen molar-refractivity contribution in [3.05, 3.63) is 65.7 Å². The average molecular weight is 426 g/mol. The maximum absolute atomic E-state index is 12.7. The van der Waals surface area contributed by atoms with Crippen molar-refractivity contribution in [1.29, 1.82) is 0 Å². The minimum atomic E-state index is -3.61. The number of sulfonamides is 1. The minimum absolute atomic E-state index is 0.0524. The van der Waals surface area contributed by atoms with Crippen LogP contribution in [0, 0.1) is 5.92 Å². The molecule has 0 spiro atoms. The van der Waals surface area contributed by atoms with E-state index in [9.17, 15) is 13.2 Å². The fourth-order valence-electron chi connectivity index (χ4n) is 4.26. The SMILES string of the molecule is CCC(CNC(=O)C1CCN(C2=NS(=O)(=O)c3ccccc32)CC1)c1ccccc1. The van der Waals surface area contributed by atoms with E-state index < -0.39 is 10.0 Å². The molecule has 0 aliphatic carbocycles. The van der Waals surface area contributed by atoms with Crippen molar-refractivity contribution in [2.24, 2.45) is 10.3 Å². The molecule has 2 aromatic rings. The highest BCUT2D eigenvalue weighted by Gasteiger charge is 2.34. The van der Waals surface area contributed by atoms with Gasteiger partial charge in [0.15, 0.2) is 5.84 Å². The zero-order chi connectivity index (χ0) is 21.1. The van der Waals surface area contributed by atoms with E-state index in [1.165, 1.54) is 5.56 Å². The van der Waals surface area contributed by atoms with Crippen molar-refractivity contribution >= 4 is 21.8 Å². The van der Waals surface area contributed by atoms with Crippen molar-refractivity contribution in [2.75, 3.05) is 19.6 Å². The normalized spacial score (nSPS) is 19.1. The number of piperidine rings is 1. The molecule has 1 amide bonds. The molecule has 2 heterocycles. The molecule has 6 nitrogen and oxygen atoms in total. The lowest BCUT2D eigenvalue weighted by atomic mass is 9.93. The van der Waals surface area contributed by atoms with Crippen LogP contribution in [0.1, 0.15) is 43.2 Å². The molecule has 0 saturated carbocycles. The third-order valence-corrected chi connectivity index (χ3v) is 7.39. The van der Waals surface area contributed by atoms with E-state index in [4.69, 9.17) is 0 Å². The van der Waals surface area contributed by atoms with Crippen LogP contribution in [-0.4, -0.2) is 44.7 Å². The van der Waals surface area contributed by atoms with Crippen LogP contribution in [0.4, 0.5) is 0 Å². The molecule has 2 aromatic carbocycles. The molecule has 7 heteroatoms. The van der Waals surface area contributed by atoms with Gasteiger partial charge in [-0.3, -0.25) is 4.79 Å². The van der Waals surface area contributed by atoms with Gasteiger partial charge in [-0.15, -0.1) is 4.40 Å². The van der Waals surface area contributed by atoms with Gasteiger partial charge in [0.2, 0.25) is 5.91 Å². The Bertz CT molecular complexity index is 1040. The molecule has 158 valence electrons. The Labute approximate surface area is 178 Å². The summed E-state index contributed by atoms with van der Waals surface area (Å²) in [4.78, 5) is 15.0. The monoisotopic (exact) mass is 425 g/mol. The smallest absolute Gasteiger partial charge is 0.285 e. The number of benzene rings is 2. The quantitative estimate of drug-likeness (QED) is 0.798.